The highest BCUT2D eigenvalue weighted by Crippen LogP contribution is 2.48. The first-order chi connectivity index (χ1) is 21.4. The second-order valence-electron chi connectivity index (χ2n) is 11.7. The number of esters is 1. The summed E-state index contributed by atoms with van der Waals surface area (Å²) in [6, 6.07) is 22.1. The Kier molecular flexibility index (Phi) is 10.5. The summed E-state index contributed by atoms with van der Waals surface area (Å²) in [5.41, 5.74) is 4.69. The van der Waals surface area contributed by atoms with Gasteiger partial charge < -0.3 is 10.1 Å². The predicted octanol–water partition coefficient (Wildman–Crippen LogP) is 9.31. The Balaban J connectivity index is 1.60. The number of halogens is 1. The highest BCUT2D eigenvalue weighted by molar-refractivity contribution is 6.30. The summed E-state index contributed by atoms with van der Waals surface area (Å²) >= 11 is 6.16. The van der Waals surface area contributed by atoms with Gasteiger partial charge in [0.05, 0.1) is 17.4 Å². The molecule has 3 aromatic rings. The summed E-state index contributed by atoms with van der Waals surface area (Å²) < 4.78 is 5.75. The number of ether oxygens (including phenoxy) is 1. The van der Waals surface area contributed by atoms with Crippen molar-refractivity contribution in [3.05, 3.63) is 100 Å². The number of nitrogens with one attached hydrogen (secondary N) is 1. The van der Waals surface area contributed by atoms with Crippen LogP contribution in [0.5, 0.6) is 5.75 Å². The number of carbonyl (C=O) groups is 3. The number of benzene rings is 3. The molecule has 3 aromatic carbocycles. The van der Waals surface area contributed by atoms with E-state index in [0.717, 1.165) is 66.7 Å². The van der Waals surface area contributed by atoms with E-state index in [1.54, 1.807) is 11.0 Å². The van der Waals surface area contributed by atoms with E-state index in [-0.39, 0.29) is 23.6 Å². The normalized spacial score (nSPS) is 17.8. The molecule has 0 spiro atoms. The van der Waals surface area contributed by atoms with Crippen LogP contribution in [0.3, 0.4) is 0 Å². The number of hydrogen-bond acceptors (Lipinski definition) is 5. The first-order valence-corrected chi connectivity index (χ1v) is 16.3. The lowest BCUT2D eigenvalue weighted by molar-refractivity contribution is -0.134. The van der Waals surface area contributed by atoms with Gasteiger partial charge in [0, 0.05) is 35.6 Å². The highest BCUT2D eigenvalue weighted by Gasteiger charge is 2.41. The number of carbonyl (C=O) groups excluding carboxylic acids is 3. The quantitative estimate of drug-likeness (QED) is 0.133. The summed E-state index contributed by atoms with van der Waals surface area (Å²) in [4.78, 5) is 42.8. The van der Waals surface area contributed by atoms with Crippen LogP contribution < -0.4 is 15.0 Å². The summed E-state index contributed by atoms with van der Waals surface area (Å²) in [7, 11) is 0. The number of Topliss-reactive ketones (excluding diaryl/α,β-unsaturated/α-hetero) is 1. The number of amides is 1. The molecule has 5 rings (SSSR count). The van der Waals surface area contributed by atoms with E-state index in [9.17, 15) is 14.4 Å². The highest BCUT2D eigenvalue weighted by atomic mass is 35.5. The average Bonchev–Trinajstić information content (AvgIpc) is 3.16. The van der Waals surface area contributed by atoms with E-state index in [1.165, 1.54) is 0 Å². The van der Waals surface area contributed by atoms with Gasteiger partial charge in [0.15, 0.2) is 5.78 Å². The Morgan fingerprint density at radius 3 is 2.34 bits per heavy atom. The van der Waals surface area contributed by atoms with Crippen LogP contribution in [0.1, 0.15) is 101 Å². The molecule has 0 radical (unpaired) electrons. The van der Waals surface area contributed by atoms with Gasteiger partial charge in [-0.1, -0.05) is 87.5 Å². The molecule has 7 heteroatoms. The van der Waals surface area contributed by atoms with Crippen molar-refractivity contribution in [2.24, 2.45) is 0 Å². The number of fused-ring (bicyclic) bond motifs is 1. The Morgan fingerprint density at radius 2 is 1.59 bits per heavy atom. The molecule has 2 atom stereocenters. The van der Waals surface area contributed by atoms with Crippen molar-refractivity contribution in [3.63, 3.8) is 0 Å². The molecule has 1 heterocycles. The maximum absolute atomic E-state index is 14.3. The lowest BCUT2D eigenvalue weighted by Crippen LogP contribution is -2.38. The third-order valence-corrected chi connectivity index (χ3v) is 8.73. The second-order valence-corrected chi connectivity index (χ2v) is 12.2. The van der Waals surface area contributed by atoms with Gasteiger partial charge in [-0.3, -0.25) is 19.3 Å². The van der Waals surface area contributed by atoms with Gasteiger partial charge in [0.2, 0.25) is 5.91 Å². The smallest absolute Gasteiger partial charge is 0.311 e. The topological polar surface area (TPSA) is 75.7 Å². The Labute approximate surface area is 265 Å². The van der Waals surface area contributed by atoms with Crippen molar-refractivity contribution >= 4 is 40.6 Å². The Bertz CT molecular complexity index is 1530. The summed E-state index contributed by atoms with van der Waals surface area (Å²) in [6.45, 7) is 4.21. The monoisotopic (exact) mass is 612 g/mol. The molecule has 1 aliphatic heterocycles. The molecule has 0 unspecified atom stereocenters. The second kappa shape index (κ2) is 14.7. The molecule has 1 amide bonds. The molecule has 1 aliphatic carbocycles. The van der Waals surface area contributed by atoms with Crippen molar-refractivity contribution in [3.8, 4) is 5.75 Å². The van der Waals surface area contributed by atoms with Gasteiger partial charge in [0.1, 0.15) is 5.75 Å². The maximum Gasteiger partial charge on any atom is 0.311 e. The molecule has 230 valence electrons. The number of para-hydroxylation sites is 2. The van der Waals surface area contributed by atoms with Gasteiger partial charge >= 0.3 is 5.97 Å². The molecule has 6 nitrogen and oxygen atoms in total. The number of unbranched alkanes of at least 4 members (excludes halogenated alkanes) is 4. The fourth-order valence-electron chi connectivity index (χ4n) is 6.25. The van der Waals surface area contributed by atoms with E-state index in [4.69, 9.17) is 16.3 Å². The van der Waals surface area contributed by atoms with Crippen LogP contribution in [-0.2, 0) is 14.4 Å². The van der Waals surface area contributed by atoms with E-state index < -0.39 is 6.04 Å². The first kappa shape index (κ1) is 31.5. The van der Waals surface area contributed by atoms with Crippen molar-refractivity contribution in [2.75, 3.05) is 10.2 Å². The Morgan fingerprint density at radius 1 is 0.864 bits per heavy atom. The fraction of sp³-hybridized carbons (Fsp3) is 0.378. The standard InChI is InChI=1S/C37H41ClN2O4/c1-3-5-7-16-34(42)40-32-15-10-9-14-30(32)39-31-23-27(25-18-20-28(38)21-19-25)24-33(41)36(31)37(40)26-12-11-13-29(22-26)44-35(43)17-8-6-4-2/h9-15,18-22,27,37,39H,3-8,16-17,23-24H2,1-2H3/t27-,37+/m0/s1. The zero-order valence-corrected chi connectivity index (χ0v) is 26.4. The number of allylic oxidation sites excluding steroid dienone is 1. The number of ketones is 1. The molecular formula is C37H41ClN2O4. The molecule has 44 heavy (non-hydrogen) atoms. The maximum atomic E-state index is 14.3. The SMILES string of the molecule is CCCCCC(=O)Oc1cccc([C@@H]2C3=C(C[C@H](c4ccc(Cl)cc4)CC3=O)Nc3ccccc3N2C(=O)CCCCC)c1. The lowest BCUT2D eigenvalue weighted by atomic mass is 9.78. The number of anilines is 2. The van der Waals surface area contributed by atoms with Crippen LogP contribution in [0, 0.1) is 0 Å². The third-order valence-electron chi connectivity index (χ3n) is 8.48. The van der Waals surface area contributed by atoms with Crippen LogP contribution in [0.4, 0.5) is 11.4 Å². The molecule has 0 saturated carbocycles. The Hall–Kier alpha value is -3.90. The van der Waals surface area contributed by atoms with Gasteiger partial charge in [-0.2, -0.15) is 0 Å². The van der Waals surface area contributed by atoms with Gasteiger partial charge in [-0.25, -0.2) is 0 Å². The molecule has 0 saturated heterocycles. The van der Waals surface area contributed by atoms with Crippen LogP contribution in [0.25, 0.3) is 0 Å². The van der Waals surface area contributed by atoms with E-state index in [1.807, 2.05) is 66.7 Å². The van der Waals surface area contributed by atoms with Crippen LogP contribution in [-0.4, -0.2) is 17.7 Å². The van der Waals surface area contributed by atoms with Gasteiger partial charge in [-0.15, -0.1) is 0 Å². The zero-order chi connectivity index (χ0) is 31.1. The van der Waals surface area contributed by atoms with Crippen LogP contribution >= 0.6 is 11.6 Å². The number of nitrogens with zero attached hydrogens (tertiary/aromatic N) is 1. The van der Waals surface area contributed by atoms with Crippen LogP contribution in [0.15, 0.2) is 84.1 Å². The molecular weight excluding hydrogens is 572 g/mol. The third kappa shape index (κ3) is 7.24. The van der Waals surface area contributed by atoms with Crippen molar-refractivity contribution < 1.29 is 19.1 Å². The minimum atomic E-state index is -0.673. The largest absolute Gasteiger partial charge is 0.427 e. The van der Waals surface area contributed by atoms with E-state index >= 15 is 0 Å². The number of rotatable bonds is 11. The number of hydrogen-bond donors (Lipinski definition) is 1. The van der Waals surface area contributed by atoms with Crippen molar-refractivity contribution in [1.29, 1.82) is 0 Å². The molecule has 0 fully saturated rings. The van der Waals surface area contributed by atoms with E-state index in [2.05, 4.69) is 19.2 Å². The summed E-state index contributed by atoms with van der Waals surface area (Å²) in [5, 5.41) is 4.24. The fourth-order valence-corrected chi connectivity index (χ4v) is 6.37. The minimum Gasteiger partial charge on any atom is -0.427 e. The van der Waals surface area contributed by atoms with Crippen molar-refractivity contribution in [2.45, 2.75) is 90.0 Å². The van der Waals surface area contributed by atoms with E-state index in [0.29, 0.717) is 42.0 Å². The summed E-state index contributed by atoms with van der Waals surface area (Å²) in [6.07, 6.45) is 7.12. The van der Waals surface area contributed by atoms with Crippen molar-refractivity contribution in [1.82, 2.24) is 0 Å². The van der Waals surface area contributed by atoms with Gasteiger partial charge in [-0.05, 0) is 72.7 Å². The average molecular weight is 613 g/mol. The molecule has 1 N–H and O–H groups in total. The predicted molar refractivity (Wildman–Crippen MR) is 176 cm³/mol. The summed E-state index contributed by atoms with van der Waals surface area (Å²) in [5.74, 6) is 0.0552. The van der Waals surface area contributed by atoms with Crippen LogP contribution in [0.2, 0.25) is 5.02 Å². The lowest BCUT2D eigenvalue weighted by Gasteiger charge is -2.35. The first-order valence-electron chi connectivity index (χ1n) is 15.9. The molecule has 0 bridgehead atoms. The molecule has 0 aromatic heterocycles. The van der Waals surface area contributed by atoms with Gasteiger partial charge in [0.25, 0.3) is 0 Å². The minimum absolute atomic E-state index is 0.00942. The zero-order valence-electron chi connectivity index (χ0n) is 25.6. The molecule has 2 aliphatic rings.